The van der Waals surface area contributed by atoms with Crippen LogP contribution in [0.2, 0.25) is 0 Å². The second kappa shape index (κ2) is 12.9. The van der Waals surface area contributed by atoms with Gasteiger partial charge in [-0.1, -0.05) is 57.6 Å². The molecular weight excluding hydrogens is 339 g/mol. The molecule has 130 valence electrons. The minimum Gasteiger partial charge on any atom is -0.744 e. The Bertz CT molecular complexity index is 569. The van der Waals surface area contributed by atoms with Crippen LogP contribution in [-0.2, 0) is 26.1 Å². The molecule has 0 bridgehead atoms. The Morgan fingerprint density at radius 3 is 2.08 bits per heavy atom. The van der Waals surface area contributed by atoms with Gasteiger partial charge in [0.05, 0.1) is 17.9 Å². The molecule has 1 aromatic rings. The summed E-state index contributed by atoms with van der Waals surface area (Å²) in [6.07, 6.45) is 8.19. The minimum atomic E-state index is -4.44. The van der Waals surface area contributed by atoms with Gasteiger partial charge < -0.3 is 9.29 Å². The first-order valence-electron chi connectivity index (χ1n) is 8.14. The fourth-order valence-electron chi connectivity index (χ4n) is 2.24. The monoisotopic (exact) mass is 364 g/mol. The van der Waals surface area contributed by atoms with Crippen molar-refractivity contribution in [3.8, 4) is 0 Å². The molecule has 24 heavy (non-hydrogen) atoms. The van der Waals surface area contributed by atoms with E-state index in [0.717, 1.165) is 12.8 Å². The zero-order valence-electron chi connectivity index (χ0n) is 14.6. The first-order valence-corrected chi connectivity index (χ1v) is 9.54. The van der Waals surface area contributed by atoms with Crippen LogP contribution >= 0.6 is 0 Å². The van der Waals surface area contributed by atoms with E-state index in [2.05, 4.69) is 6.92 Å². The Kier molecular flexibility index (Phi) is 12.7. The van der Waals surface area contributed by atoms with Crippen molar-refractivity contribution in [1.82, 2.24) is 0 Å². The number of carbonyl (C=O) groups is 1. The van der Waals surface area contributed by atoms with Gasteiger partial charge in [-0.2, -0.15) is 0 Å². The summed E-state index contributed by atoms with van der Waals surface area (Å²) < 4.78 is 37.6. The van der Waals surface area contributed by atoms with Gasteiger partial charge in [-0.25, -0.2) is 8.42 Å². The number of esters is 1. The number of carbonyl (C=O) groups excluding carboxylic acids is 1. The van der Waals surface area contributed by atoms with Crippen molar-refractivity contribution in [2.75, 3.05) is 6.61 Å². The molecule has 0 fully saturated rings. The van der Waals surface area contributed by atoms with Gasteiger partial charge in [-0.05, 0) is 24.1 Å². The van der Waals surface area contributed by atoms with Gasteiger partial charge >= 0.3 is 35.5 Å². The van der Waals surface area contributed by atoms with Crippen LogP contribution in [0.5, 0.6) is 0 Å². The van der Waals surface area contributed by atoms with Crippen molar-refractivity contribution in [3.05, 3.63) is 29.8 Å². The molecule has 0 saturated carbocycles. The third kappa shape index (κ3) is 10.5. The smallest absolute Gasteiger partial charge is 0.744 e. The molecule has 0 heterocycles. The van der Waals surface area contributed by atoms with Crippen LogP contribution in [-0.4, -0.2) is 25.5 Å². The Hall–Kier alpha value is -0.400. The predicted molar refractivity (Wildman–Crippen MR) is 87.1 cm³/mol. The van der Waals surface area contributed by atoms with Gasteiger partial charge in [0.15, 0.2) is 0 Å². The topological polar surface area (TPSA) is 83.5 Å². The average molecular weight is 364 g/mol. The number of hydrogen-bond acceptors (Lipinski definition) is 5. The zero-order chi connectivity index (χ0) is 17.1. The van der Waals surface area contributed by atoms with E-state index < -0.39 is 10.1 Å². The fraction of sp³-hybridized carbons (Fsp3) is 0.588. The largest absolute Gasteiger partial charge is 1.00 e. The van der Waals surface area contributed by atoms with Gasteiger partial charge in [0.25, 0.3) is 0 Å². The van der Waals surface area contributed by atoms with Crippen LogP contribution in [0.4, 0.5) is 0 Å². The van der Waals surface area contributed by atoms with Crippen LogP contribution in [0.25, 0.3) is 0 Å². The van der Waals surface area contributed by atoms with Gasteiger partial charge in [0.1, 0.15) is 10.1 Å². The van der Waals surface area contributed by atoms with Gasteiger partial charge in [0.2, 0.25) is 0 Å². The third-order valence-electron chi connectivity index (χ3n) is 3.57. The van der Waals surface area contributed by atoms with E-state index in [-0.39, 0.29) is 46.8 Å². The number of ether oxygens (including phenoxy) is 1. The first-order chi connectivity index (χ1) is 10.9. The zero-order valence-corrected chi connectivity index (χ0v) is 17.4. The molecule has 0 aliphatic carbocycles. The fourth-order valence-corrected chi connectivity index (χ4v) is 2.71. The van der Waals surface area contributed by atoms with E-state index >= 15 is 0 Å². The number of unbranched alkanes of at least 4 members (excludes halogenated alkanes) is 6. The first kappa shape index (κ1) is 23.6. The normalized spacial score (nSPS) is 10.9. The van der Waals surface area contributed by atoms with Crippen LogP contribution in [0.3, 0.4) is 0 Å². The Morgan fingerprint density at radius 1 is 1.00 bits per heavy atom. The Morgan fingerprint density at radius 2 is 1.54 bits per heavy atom. The van der Waals surface area contributed by atoms with Crippen molar-refractivity contribution in [1.29, 1.82) is 0 Å². The molecule has 1 rings (SSSR count). The molecule has 0 atom stereocenters. The van der Waals surface area contributed by atoms with Gasteiger partial charge in [0, 0.05) is 0 Å². The summed E-state index contributed by atoms with van der Waals surface area (Å²) in [5.41, 5.74) is 0.627. The van der Waals surface area contributed by atoms with E-state index in [1.54, 1.807) is 0 Å². The summed E-state index contributed by atoms with van der Waals surface area (Å²) in [5, 5.41) is 0. The number of benzene rings is 1. The average Bonchev–Trinajstić information content (AvgIpc) is 2.49. The molecule has 0 amide bonds. The molecular formula is C17H25NaO5S. The maximum absolute atomic E-state index is 11.7. The molecule has 5 nitrogen and oxygen atoms in total. The minimum absolute atomic E-state index is 0. The summed E-state index contributed by atoms with van der Waals surface area (Å²) in [6, 6.07) is 5.34. The predicted octanol–water partition coefficient (Wildman–Crippen LogP) is 0.431. The molecule has 0 spiro atoms. The summed E-state index contributed by atoms with van der Waals surface area (Å²) in [4.78, 5) is 11.4. The molecule has 0 saturated heterocycles. The van der Waals surface area contributed by atoms with Crippen molar-refractivity contribution < 1.29 is 52.1 Å². The maximum atomic E-state index is 11.7. The van der Waals surface area contributed by atoms with Crippen molar-refractivity contribution in [2.24, 2.45) is 0 Å². The summed E-state index contributed by atoms with van der Waals surface area (Å²) >= 11 is 0. The SMILES string of the molecule is CCCCCCCCCOC(=O)Cc1ccc(S(=O)(=O)[O-])cc1.[Na+]. The van der Waals surface area contributed by atoms with E-state index in [1.807, 2.05) is 0 Å². The van der Waals surface area contributed by atoms with Gasteiger partial charge in [-0.3, -0.25) is 4.79 Å². The molecule has 7 heteroatoms. The van der Waals surface area contributed by atoms with Crippen molar-refractivity contribution >= 4 is 16.1 Å². The van der Waals surface area contributed by atoms with Crippen LogP contribution < -0.4 is 29.6 Å². The standard InChI is InChI=1S/C17H26O5S.Na/c1-2-3-4-5-6-7-8-13-22-17(18)14-15-9-11-16(12-10-15)23(19,20)21;/h9-12H,2-8,13-14H2,1H3,(H,19,20,21);/q;+1/p-1. The summed E-state index contributed by atoms with van der Waals surface area (Å²) in [7, 11) is -4.44. The Balaban J connectivity index is 0.00000529. The molecule has 0 aliphatic rings. The second-order valence-electron chi connectivity index (χ2n) is 5.62. The summed E-state index contributed by atoms with van der Waals surface area (Å²) in [6.45, 7) is 2.60. The van der Waals surface area contributed by atoms with Crippen LogP contribution in [0.15, 0.2) is 29.2 Å². The summed E-state index contributed by atoms with van der Waals surface area (Å²) in [5.74, 6) is -0.339. The quantitative estimate of drug-likeness (QED) is 0.246. The van der Waals surface area contributed by atoms with Crippen molar-refractivity contribution in [3.63, 3.8) is 0 Å². The number of rotatable bonds is 11. The third-order valence-corrected chi connectivity index (χ3v) is 4.42. The van der Waals surface area contributed by atoms with Gasteiger partial charge in [-0.15, -0.1) is 0 Å². The second-order valence-corrected chi connectivity index (χ2v) is 7.00. The Labute approximate surface area is 167 Å². The number of hydrogen-bond donors (Lipinski definition) is 0. The van der Waals surface area contributed by atoms with E-state index in [4.69, 9.17) is 4.74 Å². The van der Waals surface area contributed by atoms with Crippen molar-refractivity contribution in [2.45, 2.75) is 63.2 Å². The van der Waals surface area contributed by atoms with Crippen LogP contribution in [0, 0.1) is 0 Å². The molecule has 0 unspecified atom stereocenters. The van der Waals surface area contributed by atoms with Crippen LogP contribution in [0.1, 0.15) is 57.4 Å². The molecule has 1 aromatic carbocycles. The molecule has 0 aliphatic heterocycles. The van der Waals surface area contributed by atoms with E-state index in [0.29, 0.717) is 12.2 Å². The maximum Gasteiger partial charge on any atom is 1.00 e. The molecule has 0 radical (unpaired) electrons. The molecule has 0 aromatic heterocycles. The van der Waals surface area contributed by atoms with E-state index in [9.17, 15) is 17.8 Å². The van der Waals surface area contributed by atoms with E-state index in [1.165, 1.54) is 56.4 Å². The molecule has 0 N–H and O–H groups in total.